The number of amides is 2. The minimum Gasteiger partial charge on any atom is -0.495 e. The SMILES string of the molecule is COc1ccc(Oc2ccc(C(F)(F)F)cc2F)cc1NC(=O)C1CCC(=O)N1C. The van der Waals surface area contributed by atoms with E-state index < -0.39 is 35.3 Å². The predicted octanol–water partition coefficient (Wildman–Crippen LogP) is 4.20. The molecule has 2 aromatic carbocycles. The zero-order valence-electron chi connectivity index (χ0n) is 16.0. The molecule has 1 N–H and O–H groups in total. The normalized spacial score (nSPS) is 16.5. The Morgan fingerprint density at radius 3 is 2.43 bits per heavy atom. The summed E-state index contributed by atoms with van der Waals surface area (Å²) in [7, 11) is 2.91. The van der Waals surface area contributed by atoms with E-state index in [0.717, 1.165) is 6.07 Å². The molecule has 1 aliphatic heterocycles. The number of anilines is 1. The van der Waals surface area contributed by atoms with Gasteiger partial charge in [0.05, 0.1) is 18.4 Å². The Bertz CT molecular complexity index is 978. The summed E-state index contributed by atoms with van der Waals surface area (Å²) >= 11 is 0. The van der Waals surface area contributed by atoms with Crippen LogP contribution in [0, 0.1) is 5.82 Å². The van der Waals surface area contributed by atoms with Crippen LogP contribution in [0.2, 0.25) is 0 Å². The van der Waals surface area contributed by atoms with Gasteiger partial charge in [-0.2, -0.15) is 13.2 Å². The first kappa shape index (κ1) is 21.4. The van der Waals surface area contributed by atoms with Crippen LogP contribution in [0.4, 0.5) is 23.2 Å². The number of nitrogens with one attached hydrogen (secondary N) is 1. The lowest BCUT2D eigenvalue weighted by Crippen LogP contribution is -2.38. The molecule has 160 valence electrons. The highest BCUT2D eigenvalue weighted by molar-refractivity contribution is 5.99. The van der Waals surface area contributed by atoms with Crippen molar-refractivity contribution in [1.82, 2.24) is 4.90 Å². The summed E-state index contributed by atoms with van der Waals surface area (Å²) in [6, 6.07) is 5.50. The van der Waals surface area contributed by atoms with E-state index in [1.54, 1.807) is 0 Å². The average molecular weight is 426 g/mol. The van der Waals surface area contributed by atoms with Crippen molar-refractivity contribution >= 4 is 17.5 Å². The van der Waals surface area contributed by atoms with Crippen LogP contribution in [0.1, 0.15) is 18.4 Å². The van der Waals surface area contributed by atoms with Crippen molar-refractivity contribution < 1.29 is 36.6 Å². The van der Waals surface area contributed by atoms with Crippen LogP contribution in [-0.2, 0) is 15.8 Å². The van der Waals surface area contributed by atoms with Crippen LogP contribution >= 0.6 is 0 Å². The lowest BCUT2D eigenvalue weighted by atomic mass is 10.2. The highest BCUT2D eigenvalue weighted by Gasteiger charge is 2.34. The Labute approximate surface area is 169 Å². The lowest BCUT2D eigenvalue weighted by molar-refractivity contribution is -0.137. The smallest absolute Gasteiger partial charge is 0.416 e. The molecule has 1 heterocycles. The van der Waals surface area contributed by atoms with Gasteiger partial charge in [0.25, 0.3) is 0 Å². The van der Waals surface area contributed by atoms with Crippen LogP contribution in [0.3, 0.4) is 0 Å². The minimum absolute atomic E-state index is 0.0700. The first-order valence-corrected chi connectivity index (χ1v) is 8.89. The topological polar surface area (TPSA) is 67.9 Å². The zero-order chi connectivity index (χ0) is 22.1. The molecular formula is C20H18F4N2O4. The zero-order valence-corrected chi connectivity index (χ0v) is 16.0. The van der Waals surface area contributed by atoms with Crippen LogP contribution < -0.4 is 14.8 Å². The van der Waals surface area contributed by atoms with Crippen molar-refractivity contribution in [3.63, 3.8) is 0 Å². The fourth-order valence-corrected chi connectivity index (χ4v) is 3.06. The van der Waals surface area contributed by atoms with Crippen LogP contribution in [-0.4, -0.2) is 36.9 Å². The molecular weight excluding hydrogens is 408 g/mol. The third-order valence-electron chi connectivity index (χ3n) is 4.71. The van der Waals surface area contributed by atoms with E-state index >= 15 is 0 Å². The summed E-state index contributed by atoms with van der Waals surface area (Å²) in [4.78, 5) is 25.5. The second kappa shape index (κ2) is 8.21. The molecule has 1 aliphatic rings. The summed E-state index contributed by atoms with van der Waals surface area (Å²) < 4.78 is 62.6. The van der Waals surface area contributed by atoms with Crippen LogP contribution in [0.25, 0.3) is 0 Å². The van der Waals surface area contributed by atoms with E-state index in [0.29, 0.717) is 18.6 Å². The Balaban J connectivity index is 1.81. The van der Waals surface area contributed by atoms with Gasteiger partial charge in [0, 0.05) is 19.5 Å². The Hall–Kier alpha value is -3.30. The molecule has 2 aromatic rings. The maximum atomic E-state index is 14.0. The van der Waals surface area contributed by atoms with E-state index in [-0.39, 0.29) is 29.5 Å². The number of halogens is 4. The second-order valence-electron chi connectivity index (χ2n) is 6.66. The van der Waals surface area contributed by atoms with Gasteiger partial charge in [-0.3, -0.25) is 9.59 Å². The Morgan fingerprint density at radius 1 is 1.17 bits per heavy atom. The van der Waals surface area contributed by atoms with E-state index in [1.807, 2.05) is 0 Å². The molecule has 6 nitrogen and oxygen atoms in total. The molecule has 30 heavy (non-hydrogen) atoms. The molecule has 10 heteroatoms. The van der Waals surface area contributed by atoms with Crippen LogP contribution in [0.5, 0.6) is 17.2 Å². The molecule has 0 radical (unpaired) electrons. The van der Waals surface area contributed by atoms with Crippen molar-refractivity contribution in [3.05, 3.63) is 47.8 Å². The molecule has 0 spiro atoms. The number of hydrogen-bond acceptors (Lipinski definition) is 4. The van der Waals surface area contributed by atoms with Gasteiger partial charge in [-0.1, -0.05) is 0 Å². The number of likely N-dealkylation sites (tertiary alicyclic amines) is 1. The maximum Gasteiger partial charge on any atom is 0.416 e. The number of likely N-dealkylation sites (N-methyl/N-ethyl adjacent to an activating group) is 1. The van der Waals surface area contributed by atoms with Crippen molar-refractivity contribution in [2.75, 3.05) is 19.5 Å². The monoisotopic (exact) mass is 426 g/mol. The predicted molar refractivity (Wildman–Crippen MR) is 98.9 cm³/mol. The first-order chi connectivity index (χ1) is 14.1. The van der Waals surface area contributed by atoms with E-state index in [4.69, 9.17) is 9.47 Å². The molecule has 2 amide bonds. The highest BCUT2D eigenvalue weighted by Crippen LogP contribution is 2.35. The Morgan fingerprint density at radius 2 is 1.87 bits per heavy atom. The third-order valence-corrected chi connectivity index (χ3v) is 4.71. The Kier molecular flexibility index (Phi) is 5.86. The molecule has 1 atom stereocenters. The first-order valence-electron chi connectivity index (χ1n) is 8.89. The standard InChI is InChI=1S/C20H18F4N2O4/c1-26-15(5-8-18(26)27)19(28)25-14-10-12(4-7-17(14)29-2)30-16-6-3-11(9-13(16)21)20(22,23)24/h3-4,6-7,9-10,15H,5,8H2,1-2H3,(H,25,28). The molecule has 1 fully saturated rings. The summed E-state index contributed by atoms with van der Waals surface area (Å²) in [5.41, 5.74) is -0.926. The summed E-state index contributed by atoms with van der Waals surface area (Å²) in [5.74, 6) is -1.81. The second-order valence-corrected chi connectivity index (χ2v) is 6.66. The van der Waals surface area contributed by atoms with Crippen molar-refractivity contribution in [1.29, 1.82) is 0 Å². The number of benzene rings is 2. The number of hydrogen-bond donors (Lipinski definition) is 1. The average Bonchev–Trinajstić information content (AvgIpc) is 3.01. The van der Waals surface area contributed by atoms with E-state index in [2.05, 4.69) is 5.32 Å². The number of ether oxygens (including phenoxy) is 2. The van der Waals surface area contributed by atoms with Gasteiger partial charge < -0.3 is 19.7 Å². The maximum absolute atomic E-state index is 14.0. The fraction of sp³-hybridized carbons (Fsp3) is 0.300. The number of carbonyl (C=O) groups excluding carboxylic acids is 2. The molecule has 0 aliphatic carbocycles. The summed E-state index contributed by atoms with van der Waals surface area (Å²) in [5, 5.41) is 2.64. The van der Waals surface area contributed by atoms with Gasteiger partial charge in [0.2, 0.25) is 11.8 Å². The molecule has 0 aromatic heterocycles. The minimum atomic E-state index is -4.67. The number of alkyl halides is 3. The highest BCUT2D eigenvalue weighted by atomic mass is 19.4. The molecule has 1 saturated heterocycles. The van der Waals surface area contributed by atoms with Gasteiger partial charge in [0.1, 0.15) is 17.5 Å². The molecule has 0 bridgehead atoms. The summed E-state index contributed by atoms with van der Waals surface area (Å²) in [6.45, 7) is 0. The molecule has 3 rings (SSSR count). The lowest BCUT2D eigenvalue weighted by Gasteiger charge is -2.20. The van der Waals surface area contributed by atoms with Gasteiger partial charge >= 0.3 is 6.18 Å². The van der Waals surface area contributed by atoms with Crippen LogP contribution in [0.15, 0.2) is 36.4 Å². The number of methoxy groups -OCH3 is 1. The van der Waals surface area contributed by atoms with Gasteiger partial charge in [0.15, 0.2) is 11.6 Å². The van der Waals surface area contributed by atoms with Gasteiger partial charge in [-0.15, -0.1) is 0 Å². The quantitative estimate of drug-likeness (QED) is 0.728. The van der Waals surface area contributed by atoms with Crippen molar-refractivity contribution in [2.24, 2.45) is 0 Å². The molecule has 1 unspecified atom stereocenters. The fourth-order valence-electron chi connectivity index (χ4n) is 3.06. The van der Waals surface area contributed by atoms with E-state index in [1.165, 1.54) is 37.3 Å². The third kappa shape index (κ3) is 4.47. The largest absolute Gasteiger partial charge is 0.495 e. The number of carbonyl (C=O) groups is 2. The number of rotatable bonds is 5. The van der Waals surface area contributed by atoms with Gasteiger partial charge in [-0.25, -0.2) is 4.39 Å². The van der Waals surface area contributed by atoms with Crippen molar-refractivity contribution in [3.8, 4) is 17.2 Å². The number of nitrogens with zero attached hydrogens (tertiary/aromatic N) is 1. The van der Waals surface area contributed by atoms with Crippen molar-refractivity contribution in [2.45, 2.75) is 25.1 Å². The summed E-state index contributed by atoms with van der Waals surface area (Å²) in [6.07, 6.45) is -4.04. The molecule has 0 saturated carbocycles. The van der Waals surface area contributed by atoms with E-state index in [9.17, 15) is 27.2 Å². The van der Waals surface area contributed by atoms with Gasteiger partial charge in [-0.05, 0) is 36.8 Å².